The highest BCUT2D eigenvalue weighted by atomic mass is 19.1. The molecule has 5 heteroatoms. The average molecular weight is 294 g/mol. The molecule has 0 aliphatic heterocycles. The first-order valence-electron chi connectivity index (χ1n) is 7.29. The quantitative estimate of drug-likeness (QED) is 0.747. The van der Waals surface area contributed by atoms with Crippen molar-refractivity contribution in [3.8, 4) is 0 Å². The number of unbranched alkanes of at least 4 members (excludes halogenated alkanes) is 1. The summed E-state index contributed by atoms with van der Waals surface area (Å²) >= 11 is 0. The minimum Gasteiger partial charge on any atom is -0.355 e. The summed E-state index contributed by atoms with van der Waals surface area (Å²) in [7, 11) is 0. The third-order valence-corrected chi connectivity index (χ3v) is 3.22. The van der Waals surface area contributed by atoms with Gasteiger partial charge in [0.15, 0.2) is 0 Å². The second-order valence-electron chi connectivity index (χ2n) is 5.02. The largest absolute Gasteiger partial charge is 0.355 e. The molecule has 0 spiro atoms. The van der Waals surface area contributed by atoms with Crippen LogP contribution in [0.3, 0.4) is 0 Å². The summed E-state index contributed by atoms with van der Waals surface area (Å²) in [6.07, 6.45) is 2.55. The molecule has 0 unspecified atom stereocenters. The van der Waals surface area contributed by atoms with Crippen LogP contribution < -0.4 is 5.32 Å². The van der Waals surface area contributed by atoms with Crippen molar-refractivity contribution in [3.05, 3.63) is 35.6 Å². The fourth-order valence-corrected chi connectivity index (χ4v) is 1.90. The molecular formula is C16H23FN2O2. The maximum Gasteiger partial charge on any atom is 0.239 e. The molecule has 0 heterocycles. The van der Waals surface area contributed by atoms with E-state index in [1.165, 1.54) is 24.0 Å². The standard InChI is InChI=1S/C16H23FN2O2/c1-3-4-10-18-16(21)12-19(13(2)20)11-9-14-5-7-15(17)8-6-14/h5-8H,3-4,9-12H2,1-2H3,(H,18,21). The molecule has 1 rings (SSSR count). The number of hydrogen-bond donors (Lipinski definition) is 1. The average Bonchev–Trinajstić information content (AvgIpc) is 2.45. The van der Waals surface area contributed by atoms with Crippen molar-refractivity contribution < 1.29 is 14.0 Å². The monoisotopic (exact) mass is 294 g/mol. The maximum absolute atomic E-state index is 12.8. The zero-order valence-corrected chi connectivity index (χ0v) is 12.7. The lowest BCUT2D eigenvalue weighted by atomic mass is 10.1. The van der Waals surface area contributed by atoms with Crippen LogP contribution in [0.15, 0.2) is 24.3 Å². The second kappa shape index (κ2) is 9.10. The van der Waals surface area contributed by atoms with Crippen molar-refractivity contribution in [1.82, 2.24) is 10.2 Å². The molecule has 0 aliphatic carbocycles. The van der Waals surface area contributed by atoms with E-state index in [1.54, 1.807) is 12.1 Å². The zero-order valence-electron chi connectivity index (χ0n) is 12.7. The minimum atomic E-state index is -0.280. The fraction of sp³-hybridized carbons (Fsp3) is 0.500. The van der Waals surface area contributed by atoms with Gasteiger partial charge in [0.25, 0.3) is 0 Å². The van der Waals surface area contributed by atoms with E-state index in [1.807, 2.05) is 0 Å². The van der Waals surface area contributed by atoms with Crippen molar-refractivity contribution in [3.63, 3.8) is 0 Å². The number of amides is 2. The number of carbonyl (C=O) groups is 2. The number of hydrogen-bond acceptors (Lipinski definition) is 2. The van der Waals surface area contributed by atoms with E-state index >= 15 is 0 Å². The van der Waals surface area contributed by atoms with Crippen LogP contribution in [0.1, 0.15) is 32.3 Å². The van der Waals surface area contributed by atoms with E-state index in [9.17, 15) is 14.0 Å². The third kappa shape index (κ3) is 6.88. The van der Waals surface area contributed by atoms with Gasteiger partial charge in [-0.1, -0.05) is 25.5 Å². The Morgan fingerprint density at radius 3 is 2.48 bits per heavy atom. The van der Waals surface area contributed by atoms with E-state index in [-0.39, 0.29) is 24.2 Å². The number of nitrogens with zero attached hydrogens (tertiary/aromatic N) is 1. The topological polar surface area (TPSA) is 49.4 Å². The van der Waals surface area contributed by atoms with Crippen molar-refractivity contribution in [2.75, 3.05) is 19.6 Å². The van der Waals surface area contributed by atoms with Crippen LogP contribution in [0.5, 0.6) is 0 Å². The van der Waals surface area contributed by atoms with Gasteiger partial charge in [-0.3, -0.25) is 9.59 Å². The van der Waals surface area contributed by atoms with E-state index in [4.69, 9.17) is 0 Å². The van der Waals surface area contributed by atoms with Crippen LogP contribution in [-0.2, 0) is 16.0 Å². The molecule has 0 radical (unpaired) electrons. The molecule has 0 aliphatic rings. The molecular weight excluding hydrogens is 271 g/mol. The van der Waals surface area contributed by atoms with Gasteiger partial charge in [-0.25, -0.2) is 4.39 Å². The summed E-state index contributed by atoms with van der Waals surface area (Å²) < 4.78 is 12.8. The van der Waals surface area contributed by atoms with Gasteiger partial charge in [-0.15, -0.1) is 0 Å². The molecule has 1 N–H and O–H groups in total. The summed E-state index contributed by atoms with van der Waals surface area (Å²) in [5.74, 6) is -0.557. The summed E-state index contributed by atoms with van der Waals surface area (Å²) in [4.78, 5) is 24.8. The Morgan fingerprint density at radius 1 is 1.24 bits per heavy atom. The van der Waals surface area contributed by atoms with Gasteiger partial charge >= 0.3 is 0 Å². The lowest BCUT2D eigenvalue weighted by Gasteiger charge is -2.20. The lowest BCUT2D eigenvalue weighted by Crippen LogP contribution is -2.41. The van der Waals surface area contributed by atoms with Crippen LogP contribution in [0, 0.1) is 5.82 Å². The molecule has 0 atom stereocenters. The van der Waals surface area contributed by atoms with Crippen LogP contribution in [0.25, 0.3) is 0 Å². The summed E-state index contributed by atoms with van der Waals surface area (Å²) in [6, 6.07) is 6.17. The Balaban J connectivity index is 2.44. The van der Waals surface area contributed by atoms with E-state index < -0.39 is 0 Å². The van der Waals surface area contributed by atoms with Crippen molar-refractivity contribution >= 4 is 11.8 Å². The van der Waals surface area contributed by atoms with Crippen molar-refractivity contribution in [2.45, 2.75) is 33.1 Å². The SMILES string of the molecule is CCCCNC(=O)CN(CCc1ccc(F)cc1)C(C)=O. The number of nitrogens with one attached hydrogen (secondary N) is 1. The van der Waals surface area contributed by atoms with Crippen LogP contribution >= 0.6 is 0 Å². The van der Waals surface area contributed by atoms with Gasteiger partial charge in [0.1, 0.15) is 5.82 Å². The first kappa shape index (κ1) is 17.1. The Kier molecular flexibility index (Phi) is 7.43. The number of rotatable bonds is 8. The second-order valence-corrected chi connectivity index (χ2v) is 5.02. The molecule has 0 saturated carbocycles. The molecule has 1 aromatic rings. The van der Waals surface area contributed by atoms with Gasteiger partial charge in [-0.2, -0.15) is 0 Å². The summed E-state index contributed by atoms with van der Waals surface area (Å²) in [5.41, 5.74) is 0.939. The normalized spacial score (nSPS) is 10.2. The van der Waals surface area contributed by atoms with E-state index in [2.05, 4.69) is 12.2 Å². The smallest absolute Gasteiger partial charge is 0.239 e. The van der Waals surface area contributed by atoms with Gasteiger partial charge < -0.3 is 10.2 Å². The minimum absolute atomic E-state index is 0.0697. The van der Waals surface area contributed by atoms with Gasteiger partial charge in [-0.05, 0) is 30.5 Å². The third-order valence-electron chi connectivity index (χ3n) is 3.22. The molecule has 2 amide bonds. The van der Waals surface area contributed by atoms with Gasteiger partial charge in [0.2, 0.25) is 11.8 Å². The molecule has 0 bridgehead atoms. The van der Waals surface area contributed by atoms with E-state index in [0.717, 1.165) is 18.4 Å². The Morgan fingerprint density at radius 2 is 1.90 bits per heavy atom. The molecule has 0 fully saturated rings. The predicted molar refractivity (Wildman–Crippen MR) is 80.3 cm³/mol. The summed E-state index contributed by atoms with van der Waals surface area (Å²) in [6.45, 7) is 4.65. The molecule has 1 aromatic carbocycles. The van der Waals surface area contributed by atoms with Crippen LogP contribution in [0.2, 0.25) is 0 Å². The Labute approximate surface area is 125 Å². The maximum atomic E-state index is 12.8. The molecule has 0 aromatic heterocycles. The highest BCUT2D eigenvalue weighted by molar-refractivity contribution is 5.83. The summed E-state index contributed by atoms with van der Waals surface area (Å²) in [5, 5.41) is 2.79. The van der Waals surface area contributed by atoms with Crippen molar-refractivity contribution in [1.29, 1.82) is 0 Å². The first-order valence-corrected chi connectivity index (χ1v) is 7.29. The van der Waals surface area contributed by atoms with Crippen molar-refractivity contribution in [2.24, 2.45) is 0 Å². The van der Waals surface area contributed by atoms with Gasteiger partial charge in [0, 0.05) is 20.0 Å². The first-order chi connectivity index (χ1) is 10.0. The fourth-order valence-electron chi connectivity index (χ4n) is 1.90. The van der Waals surface area contributed by atoms with Gasteiger partial charge in [0.05, 0.1) is 6.54 Å². The lowest BCUT2D eigenvalue weighted by molar-refractivity contribution is -0.134. The predicted octanol–water partition coefficient (Wildman–Crippen LogP) is 2.13. The molecule has 21 heavy (non-hydrogen) atoms. The molecule has 0 saturated heterocycles. The zero-order chi connectivity index (χ0) is 15.7. The number of benzene rings is 1. The Hall–Kier alpha value is -1.91. The highest BCUT2D eigenvalue weighted by Crippen LogP contribution is 2.05. The molecule has 4 nitrogen and oxygen atoms in total. The number of carbonyl (C=O) groups excluding carboxylic acids is 2. The van der Waals surface area contributed by atoms with Crippen LogP contribution in [0.4, 0.5) is 4.39 Å². The number of halogens is 1. The molecule has 116 valence electrons. The van der Waals surface area contributed by atoms with Crippen LogP contribution in [-0.4, -0.2) is 36.3 Å². The Bertz CT molecular complexity index is 460. The van der Waals surface area contributed by atoms with E-state index in [0.29, 0.717) is 19.5 Å². The highest BCUT2D eigenvalue weighted by Gasteiger charge is 2.13.